The molecule has 2 aliphatic rings. The summed E-state index contributed by atoms with van der Waals surface area (Å²) in [7, 11) is 0. The number of hydrogen-bond acceptors (Lipinski definition) is 6. The lowest BCUT2D eigenvalue weighted by Crippen LogP contribution is -2.59. The van der Waals surface area contributed by atoms with E-state index >= 15 is 0 Å². The number of benzene rings is 3. The number of nitrogens with zero attached hydrogens (tertiary/aromatic N) is 4. The van der Waals surface area contributed by atoms with Crippen LogP contribution < -0.4 is 9.64 Å². The number of carbonyl (C=O) groups is 2. The highest BCUT2D eigenvalue weighted by molar-refractivity contribution is 6.30. The van der Waals surface area contributed by atoms with Gasteiger partial charge in [-0.1, -0.05) is 29.8 Å². The van der Waals surface area contributed by atoms with Gasteiger partial charge in [0.25, 0.3) is 5.91 Å². The zero-order valence-electron chi connectivity index (χ0n) is 24.9. The maximum atomic E-state index is 14.4. The lowest BCUT2D eigenvalue weighted by molar-refractivity contribution is -0.133. The van der Waals surface area contributed by atoms with Crippen LogP contribution in [0.1, 0.15) is 45.1 Å². The Kier molecular flexibility index (Phi) is 8.18. The van der Waals surface area contributed by atoms with Crippen LogP contribution in [0.15, 0.2) is 83.4 Å². The summed E-state index contributed by atoms with van der Waals surface area (Å²) in [6.07, 6.45) is 2.40. The number of likely N-dealkylation sites (tertiary alicyclic amines) is 1. The van der Waals surface area contributed by atoms with E-state index in [9.17, 15) is 14.0 Å². The van der Waals surface area contributed by atoms with Crippen LogP contribution in [0.5, 0.6) is 5.75 Å². The fourth-order valence-corrected chi connectivity index (χ4v) is 6.37. The van der Waals surface area contributed by atoms with Crippen molar-refractivity contribution < 1.29 is 23.1 Å². The van der Waals surface area contributed by atoms with E-state index < -0.39 is 17.4 Å². The molecule has 0 saturated carbocycles. The van der Waals surface area contributed by atoms with E-state index in [0.29, 0.717) is 42.4 Å². The fraction of sp³-hybridized carbons (Fsp3) is 0.324. The molecule has 44 heavy (non-hydrogen) atoms. The molecule has 228 valence electrons. The molecule has 2 atom stereocenters. The van der Waals surface area contributed by atoms with Crippen molar-refractivity contribution in [2.45, 2.75) is 64.4 Å². The molecule has 1 aromatic heterocycles. The number of ether oxygens (including phenoxy) is 1. The van der Waals surface area contributed by atoms with Crippen molar-refractivity contribution in [3.05, 3.63) is 101 Å². The van der Waals surface area contributed by atoms with Crippen molar-refractivity contribution >= 4 is 29.2 Å². The van der Waals surface area contributed by atoms with Crippen LogP contribution in [0.3, 0.4) is 0 Å². The third kappa shape index (κ3) is 5.81. The van der Waals surface area contributed by atoms with Crippen molar-refractivity contribution in [3.8, 4) is 17.1 Å². The second-order valence-corrected chi connectivity index (χ2v) is 12.2. The number of halogens is 2. The third-order valence-electron chi connectivity index (χ3n) is 8.26. The van der Waals surface area contributed by atoms with Gasteiger partial charge in [0, 0.05) is 35.4 Å². The molecule has 2 fully saturated rings. The molecular weight excluding hydrogens is 583 g/mol. The number of amides is 3. The number of anilines is 1. The third-order valence-corrected chi connectivity index (χ3v) is 8.51. The normalized spacial score (nSPS) is 20.7. The second-order valence-electron chi connectivity index (χ2n) is 11.7. The largest absolute Gasteiger partial charge is 0.491 e. The Balaban J connectivity index is 1.26. The molecule has 0 radical (unpaired) electrons. The van der Waals surface area contributed by atoms with Gasteiger partial charge in [-0.15, -0.1) is 0 Å². The van der Waals surface area contributed by atoms with Gasteiger partial charge in [0.15, 0.2) is 5.76 Å². The van der Waals surface area contributed by atoms with E-state index in [-0.39, 0.29) is 30.5 Å². The van der Waals surface area contributed by atoms with Crippen molar-refractivity contribution in [3.63, 3.8) is 0 Å². The standard InChI is InChI=1S/C34H34ClFN4O4/c1-22(2)43-29-9-4-6-24(16-29)20-38-15-14-34(18-23(38)3)32(41)39(33(42)40(34)28-8-5-7-27(36)17-28)21-31-37-19-30(44-31)25-10-12-26(35)13-11-25/h4-13,16-17,19,22-23H,14-15,18,20-21H2,1-3H3/t23-,34+/m0/s1. The van der Waals surface area contributed by atoms with E-state index in [2.05, 4.69) is 22.9 Å². The van der Waals surface area contributed by atoms with Crippen LogP contribution in [-0.4, -0.2) is 51.0 Å². The lowest BCUT2D eigenvalue weighted by Gasteiger charge is -2.45. The van der Waals surface area contributed by atoms with E-state index in [1.807, 2.05) is 44.2 Å². The number of carbonyl (C=O) groups excluding carboxylic acids is 2. The summed E-state index contributed by atoms with van der Waals surface area (Å²) in [5, 5.41) is 0.596. The molecule has 3 aromatic carbocycles. The van der Waals surface area contributed by atoms with Crippen LogP contribution in [0.25, 0.3) is 11.3 Å². The summed E-state index contributed by atoms with van der Waals surface area (Å²) in [4.78, 5) is 37.6. The van der Waals surface area contributed by atoms with Crippen molar-refractivity contribution in [1.82, 2.24) is 14.8 Å². The average Bonchev–Trinajstić information content (AvgIpc) is 3.52. The first-order valence-electron chi connectivity index (χ1n) is 14.7. The molecule has 0 N–H and O–H groups in total. The molecule has 0 aliphatic carbocycles. The summed E-state index contributed by atoms with van der Waals surface area (Å²) in [6, 6.07) is 20.4. The summed E-state index contributed by atoms with van der Waals surface area (Å²) >= 11 is 6.01. The molecule has 3 heterocycles. The number of aromatic nitrogens is 1. The molecule has 1 spiro atoms. The van der Waals surface area contributed by atoms with E-state index in [1.165, 1.54) is 21.9 Å². The second kappa shape index (κ2) is 12.1. The number of hydrogen-bond donors (Lipinski definition) is 0. The van der Waals surface area contributed by atoms with Gasteiger partial charge in [0.1, 0.15) is 23.7 Å². The number of imide groups is 1. The lowest BCUT2D eigenvalue weighted by atomic mass is 9.81. The minimum Gasteiger partial charge on any atom is -0.491 e. The smallest absolute Gasteiger partial charge is 0.332 e. The highest BCUT2D eigenvalue weighted by Gasteiger charge is 2.60. The van der Waals surface area contributed by atoms with Crippen molar-refractivity contribution in [1.29, 1.82) is 0 Å². The van der Waals surface area contributed by atoms with E-state index in [1.54, 1.807) is 30.5 Å². The summed E-state index contributed by atoms with van der Waals surface area (Å²) < 4.78 is 26.3. The molecule has 8 nitrogen and oxygen atoms in total. The molecule has 2 aliphatic heterocycles. The van der Waals surface area contributed by atoms with Crippen LogP contribution in [0.4, 0.5) is 14.9 Å². The van der Waals surface area contributed by atoms with Crippen LogP contribution in [0.2, 0.25) is 5.02 Å². The first kappa shape index (κ1) is 29.8. The Morgan fingerprint density at radius 1 is 1.07 bits per heavy atom. The van der Waals surface area contributed by atoms with Crippen LogP contribution in [0, 0.1) is 5.82 Å². The molecule has 2 saturated heterocycles. The Labute approximate surface area is 261 Å². The number of urea groups is 1. The quantitative estimate of drug-likeness (QED) is 0.193. The number of rotatable bonds is 8. The minimum atomic E-state index is -1.17. The van der Waals surface area contributed by atoms with Gasteiger partial charge in [-0.25, -0.2) is 14.2 Å². The maximum Gasteiger partial charge on any atom is 0.332 e. The fourth-order valence-electron chi connectivity index (χ4n) is 6.24. The van der Waals surface area contributed by atoms with Crippen LogP contribution >= 0.6 is 11.6 Å². The van der Waals surface area contributed by atoms with Crippen molar-refractivity contribution in [2.75, 3.05) is 11.4 Å². The molecule has 10 heteroatoms. The molecule has 0 unspecified atom stereocenters. The highest BCUT2D eigenvalue weighted by Crippen LogP contribution is 2.43. The number of piperidine rings is 1. The number of oxazole rings is 1. The maximum absolute atomic E-state index is 14.4. The summed E-state index contributed by atoms with van der Waals surface area (Å²) in [5.74, 6) is 0.718. The Hall–Kier alpha value is -4.21. The van der Waals surface area contributed by atoms with E-state index in [4.69, 9.17) is 20.8 Å². The molecule has 0 bridgehead atoms. The zero-order valence-corrected chi connectivity index (χ0v) is 25.6. The Morgan fingerprint density at radius 2 is 1.84 bits per heavy atom. The predicted molar refractivity (Wildman–Crippen MR) is 166 cm³/mol. The predicted octanol–water partition coefficient (Wildman–Crippen LogP) is 7.31. The van der Waals surface area contributed by atoms with Crippen LogP contribution in [-0.2, 0) is 17.9 Å². The summed E-state index contributed by atoms with van der Waals surface area (Å²) in [5.41, 5.74) is 1.05. The van der Waals surface area contributed by atoms with Crippen molar-refractivity contribution in [2.24, 2.45) is 0 Å². The van der Waals surface area contributed by atoms with Gasteiger partial charge in [0.05, 0.1) is 12.3 Å². The first-order chi connectivity index (χ1) is 21.1. The highest BCUT2D eigenvalue weighted by atomic mass is 35.5. The topological polar surface area (TPSA) is 79.1 Å². The first-order valence-corrected chi connectivity index (χ1v) is 15.1. The van der Waals surface area contributed by atoms with Gasteiger partial charge in [-0.05, 0) is 93.8 Å². The Morgan fingerprint density at radius 3 is 2.57 bits per heavy atom. The molecule has 6 rings (SSSR count). The Bertz CT molecular complexity index is 1680. The average molecular weight is 617 g/mol. The zero-order chi connectivity index (χ0) is 31.0. The van der Waals surface area contributed by atoms with Gasteiger partial charge in [-0.2, -0.15) is 0 Å². The summed E-state index contributed by atoms with van der Waals surface area (Å²) in [6.45, 7) is 7.14. The van der Waals surface area contributed by atoms with Gasteiger partial charge < -0.3 is 9.15 Å². The molecule has 3 amide bonds. The molecule has 4 aromatic rings. The van der Waals surface area contributed by atoms with Gasteiger partial charge in [-0.3, -0.25) is 19.5 Å². The van der Waals surface area contributed by atoms with E-state index in [0.717, 1.165) is 16.9 Å². The SMILES string of the molecule is CC(C)Oc1cccc(CN2CC[C@@]3(C[C@@H]2C)C(=O)N(Cc2ncc(-c4ccc(Cl)cc4)o2)C(=O)N3c2cccc(F)c2)c1. The molecular formula is C34H34ClFN4O4. The van der Waals surface area contributed by atoms with Gasteiger partial charge in [0.2, 0.25) is 5.89 Å². The monoisotopic (exact) mass is 616 g/mol. The van der Waals surface area contributed by atoms with Gasteiger partial charge >= 0.3 is 6.03 Å². The minimum absolute atomic E-state index is 0.0515.